The fourth-order valence-corrected chi connectivity index (χ4v) is 2.97. The van der Waals surface area contributed by atoms with Gasteiger partial charge in [0.15, 0.2) is 5.69 Å². The third-order valence-electron chi connectivity index (χ3n) is 3.93. The van der Waals surface area contributed by atoms with Crippen molar-refractivity contribution in [3.05, 3.63) is 17.5 Å². The first-order valence-electron chi connectivity index (χ1n) is 6.79. The van der Waals surface area contributed by atoms with Crippen molar-refractivity contribution >= 4 is 11.9 Å². The fourth-order valence-electron chi connectivity index (χ4n) is 2.97. The zero-order valence-corrected chi connectivity index (χ0v) is 10.9. The number of carbonyl (C=O) groups is 2. The van der Waals surface area contributed by atoms with Crippen molar-refractivity contribution in [1.29, 1.82) is 0 Å². The molecule has 1 saturated carbocycles. The van der Waals surface area contributed by atoms with Gasteiger partial charge in [0.2, 0.25) is 5.76 Å². The van der Waals surface area contributed by atoms with Gasteiger partial charge in [-0.25, -0.2) is 4.79 Å². The molecule has 1 aliphatic carbocycles. The molecule has 3 rings (SSSR count). The molecule has 1 aliphatic heterocycles. The van der Waals surface area contributed by atoms with E-state index in [2.05, 4.69) is 9.68 Å². The van der Waals surface area contributed by atoms with Crippen LogP contribution >= 0.6 is 0 Å². The van der Waals surface area contributed by atoms with Crippen LogP contribution in [0.4, 0.5) is 0 Å². The van der Waals surface area contributed by atoms with Crippen LogP contribution in [0.3, 0.4) is 0 Å². The quantitative estimate of drug-likeness (QED) is 0.873. The van der Waals surface area contributed by atoms with Gasteiger partial charge < -0.3 is 19.3 Å². The van der Waals surface area contributed by atoms with Gasteiger partial charge in [0.05, 0.1) is 18.8 Å². The Morgan fingerprint density at radius 2 is 2.15 bits per heavy atom. The van der Waals surface area contributed by atoms with Crippen molar-refractivity contribution in [3.63, 3.8) is 0 Å². The Labute approximate surface area is 115 Å². The lowest BCUT2D eigenvalue weighted by atomic mass is 9.90. The average Bonchev–Trinajstić information content (AvgIpc) is 2.96. The van der Waals surface area contributed by atoms with Crippen LogP contribution in [-0.2, 0) is 4.74 Å². The lowest BCUT2D eigenvalue weighted by Gasteiger charge is -2.43. The third kappa shape index (κ3) is 2.29. The van der Waals surface area contributed by atoms with Gasteiger partial charge in [-0.15, -0.1) is 0 Å². The minimum Gasteiger partial charge on any atom is -0.475 e. The summed E-state index contributed by atoms with van der Waals surface area (Å²) in [7, 11) is 0. The van der Waals surface area contributed by atoms with E-state index in [1.807, 2.05) is 0 Å². The van der Waals surface area contributed by atoms with Gasteiger partial charge in [-0.2, -0.15) is 0 Å². The first-order valence-corrected chi connectivity index (χ1v) is 6.79. The molecule has 7 nitrogen and oxygen atoms in total. The Morgan fingerprint density at radius 3 is 2.90 bits per heavy atom. The summed E-state index contributed by atoms with van der Waals surface area (Å²) in [5.41, 5.74) is 0.0497. The lowest BCUT2D eigenvalue weighted by Crippen LogP contribution is -2.54. The van der Waals surface area contributed by atoms with Crippen molar-refractivity contribution < 1.29 is 24.0 Å². The summed E-state index contributed by atoms with van der Waals surface area (Å²) in [5.74, 6) is -1.82. The minimum absolute atomic E-state index is 0.0497. The number of nitrogens with zero attached hydrogens (tertiary/aromatic N) is 2. The number of carboxylic acids is 1. The molecular formula is C13H16N2O5. The summed E-state index contributed by atoms with van der Waals surface area (Å²) in [5, 5.41) is 12.4. The molecule has 1 aromatic heterocycles. The number of fused-ring (bicyclic) bond motifs is 1. The molecular weight excluding hydrogens is 264 g/mol. The molecule has 2 aliphatic rings. The van der Waals surface area contributed by atoms with Gasteiger partial charge in [-0.3, -0.25) is 4.79 Å². The van der Waals surface area contributed by atoms with Gasteiger partial charge in [0.25, 0.3) is 5.91 Å². The second-order valence-corrected chi connectivity index (χ2v) is 5.14. The molecule has 2 unspecified atom stereocenters. The van der Waals surface area contributed by atoms with E-state index in [0.717, 1.165) is 25.7 Å². The number of amides is 1. The van der Waals surface area contributed by atoms with Crippen LogP contribution in [0, 0.1) is 0 Å². The maximum absolute atomic E-state index is 12.4. The maximum atomic E-state index is 12.4. The number of aromatic carboxylic acids is 1. The number of hydrogen-bond donors (Lipinski definition) is 1. The predicted molar refractivity (Wildman–Crippen MR) is 66.5 cm³/mol. The number of carboxylic acid groups (broad SMARTS) is 1. The molecule has 0 bridgehead atoms. The molecule has 0 aromatic carbocycles. The van der Waals surface area contributed by atoms with Crippen LogP contribution < -0.4 is 0 Å². The lowest BCUT2D eigenvalue weighted by molar-refractivity contribution is -0.0755. The summed E-state index contributed by atoms with van der Waals surface area (Å²) < 4.78 is 10.4. The van der Waals surface area contributed by atoms with E-state index in [4.69, 9.17) is 9.84 Å². The zero-order valence-electron chi connectivity index (χ0n) is 10.9. The molecule has 1 saturated heterocycles. The topological polar surface area (TPSA) is 92.9 Å². The Morgan fingerprint density at radius 1 is 1.35 bits per heavy atom. The number of rotatable bonds is 2. The smallest absolute Gasteiger partial charge is 0.374 e. The fraction of sp³-hybridized carbons (Fsp3) is 0.615. The molecule has 2 atom stereocenters. The molecule has 2 fully saturated rings. The van der Waals surface area contributed by atoms with Crippen molar-refractivity contribution in [2.24, 2.45) is 0 Å². The van der Waals surface area contributed by atoms with Crippen molar-refractivity contribution in [3.8, 4) is 0 Å². The van der Waals surface area contributed by atoms with E-state index >= 15 is 0 Å². The van der Waals surface area contributed by atoms with Gasteiger partial charge >= 0.3 is 5.97 Å². The largest absolute Gasteiger partial charge is 0.475 e. The number of aromatic nitrogens is 1. The molecule has 2 heterocycles. The molecule has 1 aromatic rings. The maximum Gasteiger partial charge on any atom is 0.374 e. The molecule has 0 spiro atoms. The summed E-state index contributed by atoms with van der Waals surface area (Å²) >= 11 is 0. The van der Waals surface area contributed by atoms with E-state index in [-0.39, 0.29) is 29.5 Å². The molecule has 7 heteroatoms. The summed E-state index contributed by atoms with van der Waals surface area (Å²) in [6.45, 7) is 1.02. The summed E-state index contributed by atoms with van der Waals surface area (Å²) in [4.78, 5) is 25.0. The van der Waals surface area contributed by atoms with Gasteiger partial charge in [-0.1, -0.05) is 18.0 Å². The van der Waals surface area contributed by atoms with E-state index in [1.54, 1.807) is 4.90 Å². The Bertz CT molecular complexity index is 525. The standard InChI is InChI=1S/C13H16N2O5/c16-12(8-7-11(13(17)18)20-14-8)15-5-6-19-10-4-2-1-3-9(10)15/h7,9-10H,1-6H2,(H,17,18). The highest BCUT2D eigenvalue weighted by Crippen LogP contribution is 2.29. The van der Waals surface area contributed by atoms with Crippen LogP contribution in [0.5, 0.6) is 0 Å². The van der Waals surface area contributed by atoms with Crippen molar-refractivity contribution in [2.75, 3.05) is 13.2 Å². The van der Waals surface area contributed by atoms with Crippen molar-refractivity contribution in [2.45, 2.75) is 37.8 Å². The summed E-state index contributed by atoms with van der Waals surface area (Å²) in [6, 6.07) is 1.24. The monoisotopic (exact) mass is 280 g/mol. The zero-order chi connectivity index (χ0) is 14.1. The average molecular weight is 280 g/mol. The Hall–Kier alpha value is -1.89. The van der Waals surface area contributed by atoms with E-state index in [9.17, 15) is 9.59 Å². The second kappa shape index (κ2) is 5.24. The highest BCUT2D eigenvalue weighted by molar-refractivity contribution is 5.95. The van der Waals surface area contributed by atoms with E-state index in [0.29, 0.717) is 13.2 Å². The number of ether oxygens (including phenoxy) is 1. The van der Waals surface area contributed by atoms with Crippen LogP contribution in [0.25, 0.3) is 0 Å². The normalized spacial score (nSPS) is 26.1. The highest BCUT2D eigenvalue weighted by atomic mass is 16.5. The van der Waals surface area contributed by atoms with Gasteiger partial charge in [0.1, 0.15) is 0 Å². The Balaban J connectivity index is 1.79. The number of carbonyl (C=O) groups excluding carboxylic acids is 1. The molecule has 108 valence electrons. The van der Waals surface area contributed by atoms with Crippen LogP contribution in [0.2, 0.25) is 0 Å². The highest BCUT2D eigenvalue weighted by Gasteiger charge is 2.37. The minimum atomic E-state index is -1.23. The van der Waals surface area contributed by atoms with Gasteiger partial charge in [0, 0.05) is 12.6 Å². The summed E-state index contributed by atoms with van der Waals surface area (Å²) in [6.07, 6.45) is 4.17. The van der Waals surface area contributed by atoms with E-state index in [1.165, 1.54) is 6.07 Å². The Kier molecular flexibility index (Phi) is 3.43. The van der Waals surface area contributed by atoms with E-state index < -0.39 is 5.97 Å². The van der Waals surface area contributed by atoms with Crippen LogP contribution in [0.15, 0.2) is 10.6 Å². The molecule has 1 N–H and O–H groups in total. The first kappa shape index (κ1) is 13.1. The first-order chi connectivity index (χ1) is 9.66. The molecule has 1 amide bonds. The van der Waals surface area contributed by atoms with Crippen LogP contribution in [0.1, 0.15) is 46.7 Å². The molecule has 20 heavy (non-hydrogen) atoms. The third-order valence-corrected chi connectivity index (χ3v) is 3.93. The SMILES string of the molecule is O=C(O)c1cc(C(=O)N2CCOC3CCCCC32)no1. The van der Waals surface area contributed by atoms with Crippen LogP contribution in [-0.4, -0.2) is 52.3 Å². The second-order valence-electron chi connectivity index (χ2n) is 5.14. The number of hydrogen-bond acceptors (Lipinski definition) is 5. The van der Waals surface area contributed by atoms with Gasteiger partial charge in [-0.05, 0) is 12.8 Å². The number of morpholine rings is 1. The van der Waals surface area contributed by atoms with Crippen molar-refractivity contribution in [1.82, 2.24) is 10.1 Å². The molecule has 0 radical (unpaired) electrons. The predicted octanol–water partition coefficient (Wildman–Crippen LogP) is 1.16.